The summed E-state index contributed by atoms with van der Waals surface area (Å²) in [5.74, 6) is 1.53. The second-order valence-electron chi connectivity index (χ2n) is 5.12. The maximum absolute atomic E-state index is 6.07. The van der Waals surface area contributed by atoms with Crippen molar-refractivity contribution >= 4 is 11.6 Å². The van der Waals surface area contributed by atoms with Crippen LogP contribution in [0.1, 0.15) is 33.6 Å². The average molecular weight is 241 g/mol. The highest BCUT2D eigenvalue weighted by Gasteiger charge is 2.24. The number of rotatable bonds is 3. The van der Waals surface area contributed by atoms with Crippen molar-refractivity contribution in [3.8, 4) is 11.5 Å². The molecule has 0 N–H and O–H groups in total. The smallest absolute Gasteiger partial charge is 0.142 e. The van der Waals surface area contributed by atoms with E-state index in [1.807, 2.05) is 39.0 Å². The fourth-order valence-electron chi connectivity index (χ4n) is 1.34. The van der Waals surface area contributed by atoms with Gasteiger partial charge >= 0.3 is 0 Å². The molecule has 0 aliphatic heterocycles. The monoisotopic (exact) mass is 240 g/mol. The largest absolute Gasteiger partial charge is 0.490 e. The zero-order valence-corrected chi connectivity index (χ0v) is 10.7. The first-order chi connectivity index (χ1) is 7.44. The van der Waals surface area contributed by atoms with Gasteiger partial charge in [0, 0.05) is 6.07 Å². The van der Waals surface area contributed by atoms with Crippen molar-refractivity contribution in [2.45, 2.75) is 45.3 Å². The SMILES string of the molecule is CC(C)(C)Oc1cc(OC2CC2)ccc1Cl. The quantitative estimate of drug-likeness (QED) is 0.793. The van der Waals surface area contributed by atoms with Gasteiger partial charge in [-0.15, -0.1) is 0 Å². The summed E-state index contributed by atoms with van der Waals surface area (Å²) in [6, 6.07) is 5.57. The minimum Gasteiger partial charge on any atom is -0.490 e. The van der Waals surface area contributed by atoms with Crippen molar-refractivity contribution in [3.05, 3.63) is 23.2 Å². The summed E-state index contributed by atoms with van der Waals surface area (Å²) in [6.07, 6.45) is 2.69. The van der Waals surface area contributed by atoms with Gasteiger partial charge in [-0.1, -0.05) is 11.6 Å². The maximum atomic E-state index is 6.07. The van der Waals surface area contributed by atoms with Crippen molar-refractivity contribution in [1.82, 2.24) is 0 Å². The van der Waals surface area contributed by atoms with Crippen LogP contribution < -0.4 is 9.47 Å². The third kappa shape index (κ3) is 3.31. The van der Waals surface area contributed by atoms with Crippen molar-refractivity contribution in [2.75, 3.05) is 0 Å². The Hall–Kier alpha value is -0.890. The molecule has 0 heterocycles. The summed E-state index contributed by atoms with van der Waals surface area (Å²) < 4.78 is 11.5. The summed E-state index contributed by atoms with van der Waals surface area (Å²) >= 11 is 6.07. The zero-order valence-electron chi connectivity index (χ0n) is 9.92. The van der Waals surface area contributed by atoms with E-state index >= 15 is 0 Å². The number of ether oxygens (including phenoxy) is 2. The van der Waals surface area contributed by atoms with Crippen LogP contribution in [0.5, 0.6) is 11.5 Å². The third-order valence-corrected chi connectivity index (χ3v) is 2.46. The van der Waals surface area contributed by atoms with E-state index in [9.17, 15) is 0 Å². The Morgan fingerprint density at radius 3 is 2.50 bits per heavy atom. The molecule has 1 aromatic rings. The van der Waals surface area contributed by atoms with Gasteiger partial charge in [0.25, 0.3) is 0 Å². The number of hydrogen-bond donors (Lipinski definition) is 0. The lowest BCUT2D eigenvalue weighted by atomic mass is 10.2. The highest BCUT2D eigenvalue weighted by Crippen LogP contribution is 2.34. The van der Waals surface area contributed by atoms with Crippen LogP contribution in [0, 0.1) is 0 Å². The lowest BCUT2D eigenvalue weighted by molar-refractivity contribution is 0.130. The molecule has 88 valence electrons. The Bertz CT molecular complexity index is 378. The number of hydrogen-bond acceptors (Lipinski definition) is 2. The van der Waals surface area contributed by atoms with Crippen LogP contribution in [0.2, 0.25) is 5.02 Å². The van der Waals surface area contributed by atoms with E-state index < -0.39 is 0 Å². The van der Waals surface area contributed by atoms with Crippen LogP contribution >= 0.6 is 11.6 Å². The van der Waals surface area contributed by atoms with Gasteiger partial charge in [-0.05, 0) is 45.7 Å². The molecule has 0 spiro atoms. The zero-order chi connectivity index (χ0) is 11.8. The Morgan fingerprint density at radius 1 is 1.25 bits per heavy atom. The van der Waals surface area contributed by atoms with Crippen LogP contribution in [0.15, 0.2) is 18.2 Å². The van der Waals surface area contributed by atoms with E-state index in [1.165, 1.54) is 0 Å². The average Bonchev–Trinajstić information content (AvgIpc) is 2.92. The molecule has 0 atom stereocenters. The molecule has 1 saturated carbocycles. The number of halogens is 1. The van der Waals surface area contributed by atoms with Gasteiger partial charge in [0.1, 0.15) is 17.1 Å². The summed E-state index contributed by atoms with van der Waals surface area (Å²) in [7, 11) is 0. The Kier molecular flexibility index (Phi) is 3.02. The van der Waals surface area contributed by atoms with Gasteiger partial charge < -0.3 is 9.47 Å². The minimum atomic E-state index is -0.248. The molecule has 0 unspecified atom stereocenters. The molecule has 1 aliphatic rings. The van der Waals surface area contributed by atoms with Crippen LogP contribution in [-0.4, -0.2) is 11.7 Å². The van der Waals surface area contributed by atoms with Crippen LogP contribution in [-0.2, 0) is 0 Å². The summed E-state index contributed by atoms with van der Waals surface area (Å²) in [5.41, 5.74) is -0.248. The fourth-order valence-corrected chi connectivity index (χ4v) is 1.50. The van der Waals surface area contributed by atoms with Gasteiger partial charge in [-0.25, -0.2) is 0 Å². The van der Waals surface area contributed by atoms with Crippen LogP contribution in [0.25, 0.3) is 0 Å². The Balaban J connectivity index is 2.14. The molecule has 0 saturated heterocycles. The molecule has 0 radical (unpaired) electrons. The molecule has 3 heteroatoms. The second-order valence-corrected chi connectivity index (χ2v) is 5.53. The van der Waals surface area contributed by atoms with Gasteiger partial charge in [-0.3, -0.25) is 0 Å². The molecular formula is C13H17ClO2. The normalized spacial score (nSPS) is 16.0. The predicted octanol–water partition coefficient (Wildman–Crippen LogP) is 4.06. The van der Waals surface area contributed by atoms with Crippen molar-refractivity contribution in [3.63, 3.8) is 0 Å². The van der Waals surface area contributed by atoms with E-state index in [0.717, 1.165) is 18.6 Å². The summed E-state index contributed by atoms with van der Waals surface area (Å²) in [4.78, 5) is 0. The standard InChI is InChI=1S/C13H17ClO2/c1-13(2,3)16-12-8-10(6-7-11(12)14)15-9-4-5-9/h6-9H,4-5H2,1-3H3. The fraction of sp³-hybridized carbons (Fsp3) is 0.538. The highest BCUT2D eigenvalue weighted by molar-refractivity contribution is 6.32. The van der Waals surface area contributed by atoms with Gasteiger partial charge in [0.2, 0.25) is 0 Å². The van der Waals surface area contributed by atoms with E-state index in [4.69, 9.17) is 21.1 Å². The topological polar surface area (TPSA) is 18.5 Å². The molecule has 1 aromatic carbocycles. The lowest BCUT2D eigenvalue weighted by Crippen LogP contribution is -2.23. The highest BCUT2D eigenvalue weighted by atomic mass is 35.5. The van der Waals surface area contributed by atoms with Crippen LogP contribution in [0.4, 0.5) is 0 Å². The molecule has 0 amide bonds. The van der Waals surface area contributed by atoms with Crippen molar-refractivity contribution in [2.24, 2.45) is 0 Å². The van der Waals surface area contributed by atoms with E-state index in [0.29, 0.717) is 16.9 Å². The predicted molar refractivity (Wildman–Crippen MR) is 65.5 cm³/mol. The molecule has 1 fully saturated rings. The summed E-state index contributed by atoms with van der Waals surface area (Å²) in [6.45, 7) is 5.99. The molecule has 2 rings (SSSR count). The molecule has 0 aromatic heterocycles. The number of benzene rings is 1. The molecule has 0 bridgehead atoms. The van der Waals surface area contributed by atoms with E-state index in [-0.39, 0.29) is 5.60 Å². The van der Waals surface area contributed by atoms with Gasteiger partial charge in [-0.2, -0.15) is 0 Å². The first-order valence-electron chi connectivity index (χ1n) is 5.59. The lowest BCUT2D eigenvalue weighted by Gasteiger charge is -2.22. The first kappa shape index (κ1) is 11.6. The second kappa shape index (κ2) is 4.17. The van der Waals surface area contributed by atoms with Gasteiger partial charge in [0.15, 0.2) is 0 Å². The van der Waals surface area contributed by atoms with E-state index in [2.05, 4.69) is 0 Å². The van der Waals surface area contributed by atoms with Crippen LogP contribution in [0.3, 0.4) is 0 Å². The summed E-state index contributed by atoms with van der Waals surface area (Å²) in [5, 5.41) is 0.623. The first-order valence-corrected chi connectivity index (χ1v) is 5.97. The van der Waals surface area contributed by atoms with E-state index in [1.54, 1.807) is 0 Å². The Labute approximate surface area is 102 Å². The maximum Gasteiger partial charge on any atom is 0.142 e. The molecule has 2 nitrogen and oxygen atoms in total. The third-order valence-electron chi connectivity index (χ3n) is 2.15. The van der Waals surface area contributed by atoms with Gasteiger partial charge in [0.05, 0.1) is 11.1 Å². The molecule has 1 aliphatic carbocycles. The Morgan fingerprint density at radius 2 is 1.94 bits per heavy atom. The van der Waals surface area contributed by atoms with Crippen molar-refractivity contribution < 1.29 is 9.47 Å². The van der Waals surface area contributed by atoms with Crippen molar-refractivity contribution in [1.29, 1.82) is 0 Å². The molecule has 16 heavy (non-hydrogen) atoms. The molecular weight excluding hydrogens is 224 g/mol. The minimum absolute atomic E-state index is 0.248.